The standard InChI is InChI=1S/C15H20BrNO2/c16-9-4-6-12-5-3-7-13(11-12)17-15(18)14-8-1-2-10-19-14/h3,5,7,11,14H,1-2,4,6,8-10H2,(H,17,18). The van der Waals surface area contributed by atoms with Crippen LogP contribution in [0.25, 0.3) is 0 Å². The number of nitrogens with one attached hydrogen (secondary N) is 1. The first-order valence-electron chi connectivity index (χ1n) is 6.87. The van der Waals surface area contributed by atoms with E-state index in [1.165, 1.54) is 5.56 Å². The predicted molar refractivity (Wildman–Crippen MR) is 80.8 cm³/mol. The fourth-order valence-corrected chi connectivity index (χ4v) is 2.53. The van der Waals surface area contributed by atoms with E-state index in [4.69, 9.17) is 4.74 Å². The third kappa shape index (κ3) is 4.62. The van der Waals surface area contributed by atoms with E-state index in [2.05, 4.69) is 27.3 Å². The lowest BCUT2D eigenvalue weighted by atomic mass is 10.1. The van der Waals surface area contributed by atoms with Gasteiger partial charge in [0.2, 0.25) is 0 Å². The molecule has 1 heterocycles. The third-order valence-corrected chi connectivity index (χ3v) is 3.83. The molecule has 1 unspecified atom stereocenters. The summed E-state index contributed by atoms with van der Waals surface area (Å²) in [6.45, 7) is 0.698. The minimum Gasteiger partial charge on any atom is -0.368 e. The van der Waals surface area contributed by atoms with Crippen molar-refractivity contribution in [1.29, 1.82) is 0 Å². The van der Waals surface area contributed by atoms with Crippen molar-refractivity contribution in [1.82, 2.24) is 0 Å². The molecule has 1 aliphatic heterocycles. The van der Waals surface area contributed by atoms with Crippen LogP contribution >= 0.6 is 15.9 Å². The van der Waals surface area contributed by atoms with Crippen LogP contribution in [0.5, 0.6) is 0 Å². The number of hydrogen-bond acceptors (Lipinski definition) is 2. The molecule has 1 aliphatic rings. The van der Waals surface area contributed by atoms with Crippen LogP contribution in [0.2, 0.25) is 0 Å². The van der Waals surface area contributed by atoms with E-state index in [0.717, 1.165) is 43.1 Å². The van der Waals surface area contributed by atoms with Gasteiger partial charge >= 0.3 is 0 Å². The minimum atomic E-state index is -0.278. The minimum absolute atomic E-state index is 0.0164. The summed E-state index contributed by atoms with van der Waals surface area (Å²) in [7, 11) is 0. The van der Waals surface area contributed by atoms with Gasteiger partial charge in [-0.1, -0.05) is 28.1 Å². The molecule has 104 valence electrons. The summed E-state index contributed by atoms with van der Waals surface area (Å²) in [4.78, 5) is 12.0. The van der Waals surface area contributed by atoms with Crippen molar-refractivity contribution < 1.29 is 9.53 Å². The first-order valence-corrected chi connectivity index (χ1v) is 7.99. The molecular formula is C15H20BrNO2. The fourth-order valence-electron chi connectivity index (χ4n) is 2.25. The Bertz CT molecular complexity index is 416. The average Bonchev–Trinajstić information content (AvgIpc) is 2.46. The third-order valence-electron chi connectivity index (χ3n) is 3.27. The van der Waals surface area contributed by atoms with Crippen molar-refractivity contribution in [2.75, 3.05) is 17.3 Å². The van der Waals surface area contributed by atoms with Crippen molar-refractivity contribution in [3.05, 3.63) is 29.8 Å². The van der Waals surface area contributed by atoms with Gasteiger partial charge < -0.3 is 10.1 Å². The number of carbonyl (C=O) groups is 1. The van der Waals surface area contributed by atoms with Gasteiger partial charge in [-0.15, -0.1) is 0 Å². The SMILES string of the molecule is O=C(Nc1cccc(CCCBr)c1)C1CCCCO1. The normalized spacial score (nSPS) is 19.1. The summed E-state index contributed by atoms with van der Waals surface area (Å²) in [6, 6.07) is 8.05. The molecule has 1 fully saturated rings. The second-order valence-corrected chi connectivity index (χ2v) is 5.63. The Labute approximate surface area is 122 Å². The lowest BCUT2D eigenvalue weighted by molar-refractivity contribution is -0.129. The number of aryl methyl sites for hydroxylation is 1. The summed E-state index contributed by atoms with van der Waals surface area (Å²) < 4.78 is 5.49. The Kier molecular flexibility index (Phi) is 5.86. The van der Waals surface area contributed by atoms with Crippen LogP contribution in [0.15, 0.2) is 24.3 Å². The molecule has 0 bridgehead atoms. The Balaban J connectivity index is 1.92. The quantitative estimate of drug-likeness (QED) is 0.841. The topological polar surface area (TPSA) is 38.3 Å². The van der Waals surface area contributed by atoms with Crippen molar-refractivity contribution in [2.24, 2.45) is 0 Å². The molecule has 0 saturated carbocycles. The maximum Gasteiger partial charge on any atom is 0.253 e. The Morgan fingerprint density at radius 3 is 3.05 bits per heavy atom. The van der Waals surface area contributed by atoms with Crippen molar-refractivity contribution >= 4 is 27.5 Å². The zero-order valence-corrected chi connectivity index (χ0v) is 12.6. The summed E-state index contributed by atoms with van der Waals surface area (Å²) in [6.07, 6.45) is 4.81. The molecule has 0 spiro atoms. The zero-order chi connectivity index (χ0) is 13.5. The lowest BCUT2D eigenvalue weighted by Crippen LogP contribution is -2.33. The zero-order valence-electron chi connectivity index (χ0n) is 11.0. The number of benzene rings is 1. The summed E-state index contributed by atoms with van der Waals surface area (Å²) in [5.74, 6) is -0.0164. The molecule has 4 heteroatoms. The van der Waals surface area contributed by atoms with Crippen molar-refractivity contribution in [2.45, 2.75) is 38.2 Å². The van der Waals surface area contributed by atoms with Gasteiger partial charge in [0, 0.05) is 17.6 Å². The van der Waals surface area contributed by atoms with Crippen LogP contribution in [0, 0.1) is 0 Å². The molecule has 0 aromatic heterocycles. The highest BCUT2D eigenvalue weighted by atomic mass is 79.9. The molecule has 0 aliphatic carbocycles. The van der Waals surface area contributed by atoms with Crippen molar-refractivity contribution in [3.8, 4) is 0 Å². The first-order chi connectivity index (χ1) is 9.29. The van der Waals surface area contributed by atoms with Gasteiger partial charge in [-0.25, -0.2) is 0 Å². The van der Waals surface area contributed by atoms with E-state index >= 15 is 0 Å². The summed E-state index contributed by atoms with van der Waals surface area (Å²) >= 11 is 3.43. The van der Waals surface area contributed by atoms with Gasteiger partial charge in [-0.05, 0) is 49.8 Å². The number of ether oxygens (including phenoxy) is 1. The van der Waals surface area contributed by atoms with Crippen LogP contribution in [-0.4, -0.2) is 23.9 Å². The largest absolute Gasteiger partial charge is 0.368 e. The monoisotopic (exact) mass is 325 g/mol. The van der Waals surface area contributed by atoms with Crippen LogP contribution < -0.4 is 5.32 Å². The molecule has 1 saturated heterocycles. The molecule has 1 atom stereocenters. The van der Waals surface area contributed by atoms with Gasteiger partial charge in [0.1, 0.15) is 6.10 Å². The molecule has 1 N–H and O–H groups in total. The molecular weight excluding hydrogens is 306 g/mol. The number of anilines is 1. The summed E-state index contributed by atoms with van der Waals surface area (Å²) in [5.41, 5.74) is 2.12. The van der Waals surface area contributed by atoms with Crippen LogP contribution in [0.4, 0.5) is 5.69 Å². The van der Waals surface area contributed by atoms with E-state index in [1.807, 2.05) is 18.2 Å². The number of halogens is 1. The molecule has 19 heavy (non-hydrogen) atoms. The van der Waals surface area contributed by atoms with Gasteiger partial charge in [0.15, 0.2) is 0 Å². The number of alkyl halides is 1. The highest BCUT2D eigenvalue weighted by Gasteiger charge is 2.21. The number of rotatable bonds is 5. The smallest absolute Gasteiger partial charge is 0.253 e. The lowest BCUT2D eigenvalue weighted by Gasteiger charge is -2.21. The second kappa shape index (κ2) is 7.65. The second-order valence-electron chi connectivity index (χ2n) is 4.84. The molecule has 2 rings (SSSR count). The molecule has 0 radical (unpaired) electrons. The van der Waals surface area contributed by atoms with Crippen molar-refractivity contribution in [3.63, 3.8) is 0 Å². The molecule has 1 aromatic rings. The van der Waals surface area contributed by atoms with E-state index in [1.54, 1.807) is 0 Å². The Morgan fingerprint density at radius 2 is 2.32 bits per heavy atom. The van der Waals surface area contributed by atoms with Crippen LogP contribution in [0.3, 0.4) is 0 Å². The van der Waals surface area contributed by atoms with Gasteiger partial charge in [0.25, 0.3) is 5.91 Å². The molecule has 3 nitrogen and oxygen atoms in total. The van der Waals surface area contributed by atoms with E-state index in [9.17, 15) is 4.79 Å². The van der Waals surface area contributed by atoms with Crippen LogP contribution in [0.1, 0.15) is 31.2 Å². The highest BCUT2D eigenvalue weighted by Crippen LogP contribution is 2.17. The van der Waals surface area contributed by atoms with Crippen LogP contribution in [-0.2, 0) is 16.0 Å². The van der Waals surface area contributed by atoms with E-state index in [-0.39, 0.29) is 12.0 Å². The number of hydrogen-bond donors (Lipinski definition) is 1. The summed E-state index contributed by atoms with van der Waals surface area (Å²) in [5, 5.41) is 3.95. The molecule has 1 aromatic carbocycles. The fraction of sp³-hybridized carbons (Fsp3) is 0.533. The average molecular weight is 326 g/mol. The predicted octanol–water partition coefficient (Wildman–Crippen LogP) is 3.52. The van der Waals surface area contributed by atoms with Gasteiger partial charge in [0.05, 0.1) is 0 Å². The van der Waals surface area contributed by atoms with Gasteiger partial charge in [-0.2, -0.15) is 0 Å². The number of amides is 1. The van der Waals surface area contributed by atoms with Gasteiger partial charge in [-0.3, -0.25) is 4.79 Å². The Morgan fingerprint density at radius 1 is 1.42 bits per heavy atom. The van der Waals surface area contributed by atoms with E-state index in [0.29, 0.717) is 6.61 Å². The maximum absolute atomic E-state index is 12.0. The van der Waals surface area contributed by atoms with E-state index < -0.39 is 0 Å². The molecule has 1 amide bonds. The Hall–Kier alpha value is -0.870. The number of carbonyl (C=O) groups excluding carboxylic acids is 1. The highest BCUT2D eigenvalue weighted by molar-refractivity contribution is 9.09. The maximum atomic E-state index is 12.0. The first kappa shape index (κ1) is 14.5.